The van der Waals surface area contributed by atoms with E-state index >= 15 is 0 Å². The number of anilines is 3. The van der Waals surface area contributed by atoms with Crippen LogP contribution in [0.1, 0.15) is 0 Å². The Morgan fingerprint density at radius 1 is 0.190 bits per heavy atom. The van der Waals surface area contributed by atoms with Crippen LogP contribution in [0.2, 0.25) is 0 Å². The molecule has 0 spiro atoms. The first-order valence-electron chi connectivity index (χ1n) is 26.6. The van der Waals surface area contributed by atoms with Gasteiger partial charge in [-0.05, 0) is 182 Å². The van der Waals surface area contributed by atoms with Crippen molar-refractivity contribution in [3.8, 4) is 51.6 Å². The Morgan fingerprint density at radius 3 is 0.570 bits per heavy atom. The molecule has 0 bridgehead atoms. The Labute approximate surface area is 455 Å². The molecule has 7 nitrogen and oxygen atoms in total. The minimum atomic E-state index is 0.731. The van der Waals surface area contributed by atoms with Gasteiger partial charge in [-0.25, -0.2) is 0 Å². The van der Waals surface area contributed by atoms with Crippen LogP contribution < -0.4 is 19.1 Å². The number of hydrogen-bond donors (Lipinski definition) is 0. The van der Waals surface area contributed by atoms with E-state index in [4.69, 9.17) is 14.2 Å². The lowest BCUT2D eigenvalue weighted by Gasteiger charge is -2.26. The molecule has 3 heterocycles. The van der Waals surface area contributed by atoms with Gasteiger partial charge in [0.05, 0.1) is 33.1 Å². The minimum Gasteiger partial charge on any atom is -0.457 e. The molecule has 3 aromatic heterocycles. The van der Waals surface area contributed by atoms with E-state index in [9.17, 15) is 0 Å². The SMILES string of the molecule is c1ccc2c(c1)c1ccccc1n2-c1ccc(Oc2ccc(N(c3ccc(Oc4ccc(-n5c6ccccc6c6ccccc65)cc4)cc3)c3ccc(Oc4ccc(-n5c6ccccc6c6ccccc65)cc4)cc3)cc2)cc1. The number of fused-ring (bicyclic) bond motifs is 9. The summed E-state index contributed by atoms with van der Waals surface area (Å²) in [6.07, 6.45) is 0. The molecule has 374 valence electrons. The van der Waals surface area contributed by atoms with Crippen LogP contribution in [-0.4, -0.2) is 13.7 Å². The second kappa shape index (κ2) is 19.1. The van der Waals surface area contributed by atoms with Crippen molar-refractivity contribution in [1.82, 2.24) is 13.7 Å². The third-order valence-corrected chi connectivity index (χ3v) is 15.0. The maximum Gasteiger partial charge on any atom is 0.127 e. The number of para-hydroxylation sites is 6. The lowest BCUT2D eigenvalue weighted by molar-refractivity contribution is 0.482. The van der Waals surface area contributed by atoms with Crippen LogP contribution in [-0.2, 0) is 0 Å². The van der Waals surface area contributed by atoms with Gasteiger partial charge in [0.1, 0.15) is 34.5 Å². The summed E-state index contributed by atoms with van der Waals surface area (Å²) in [6, 6.07) is 101. The summed E-state index contributed by atoms with van der Waals surface area (Å²) < 4.78 is 26.4. The van der Waals surface area contributed by atoms with Crippen LogP contribution in [0.15, 0.2) is 291 Å². The number of aromatic nitrogens is 3. The minimum absolute atomic E-state index is 0.731. The third kappa shape index (κ3) is 8.16. The molecule has 0 fully saturated rings. The van der Waals surface area contributed by atoms with Gasteiger partial charge in [0.15, 0.2) is 0 Å². The second-order valence-electron chi connectivity index (χ2n) is 19.7. The molecule has 15 aromatic rings. The Bertz CT molecular complexity index is 4070. The van der Waals surface area contributed by atoms with Crippen LogP contribution in [0.25, 0.3) is 82.5 Å². The molecular weight excluding hydrogens is 969 g/mol. The average molecular weight is 1020 g/mol. The fourth-order valence-corrected chi connectivity index (χ4v) is 11.4. The topological polar surface area (TPSA) is 45.7 Å². The van der Waals surface area contributed by atoms with E-state index in [1.54, 1.807) is 0 Å². The molecule has 0 amide bonds. The van der Waals surface area contributed by atoms with Crippen molar-refractivity contribution < 1.29 is 14.2 Å². The molecule has 12 aromatic carbocycles. The quantitative estimate of drug-likeness (QED) is 0.122. The summed E-state index contributed by atoms with van der Waals surface area (Å²) in [4.78, 5) is 2.22. The molecule has 0 unspecified atom stereocenters. The molecule has 0 aliphatic heterocycles. The Balaban J connectivity index is 0.702. The first-order valence-corrected chi connectivity index (χ1v) is 26.6. The van der Waals surface area contributed by atoms with E-state index in [0.29, 0.717) is 0 Å². The summed E-state index contributed by atoms with van der Waals surface area (Å²) in [6.45, 7) is 0. The summed E-state index contributed by atoms with van der Waals surface area (Å²) in [5.74, 6) is 4.45. The van der Waals surface area contributed by atoms with E-state index in [-0.39, 0.29) is 0 Å². The lowest BCUT2D eigenvalue weighted by atomic mass is 10.1. The summed E-state index contributed by atoms with van der Waals surface area (Å²) in [7, 11) is 0. The average Bonchev–Trinajstić information content (AvgIpc) is 4.38. The predicted octanol–water partition coefficient (Wildman–Crippen LogP) is 19.8. The third-order valence-electron chi connectivity index (χ3n) is 15.0. The van der Waals surface area contributed by atoms with Gasteiger partial charge in [0.25, 0.3) is 0 Å². The van der Waals surface area contributed by atoms with E-state index < -0.39 is 0 Å². The first kappa shape index (κ1) is 45.6. The van der Waals surface area contributed by atoms with Gasteiger partial charge in [0.2, 0.25) is 0 Å². The molecule has 0 radical (unpaired) electrons. The maximum absolute atomic E-state index is 6.49. The fourth-order valence-electron chi connectivity index (χ4n) is 11.4. The van der Waals surface area contributed by atoms with Gasteiger partial charge in [-0.1, -0.05) is 109 Å². The van der Waals surface area contributed by atoms with Crippen molar-refractivity contribution in [2.45, 2.75) is 0 Å². The number of nitrogens with zero attached hydrogens (tertiary/aromatic N) is 4. The molecule has 0 aliphatic carbocycles. The van der Waals surface area contributed by atoms with Gasteiger partial charge in [-0.2, -0.15) is 0 Å². The van der Waals surface area contributed by atoms with E-state index in [0.717, 1.165) is 68.6 Å². The van der Waals surface area contributed by atoms with Gasteiger partial charge >= 0.3 is 0 Å². The highest BCUT2D eigenvalue weighted by Crippen LogP contribution is 2.41. The monoisotopic (exact) mass is 1020 g/mol. The van der Waals surface area contributed by atoms with E-state index in [1.165, 1.54) is 65.4 Å². The normalized spacial score (nSPS) is 11.5. The highest BCUT2D eigenvalue weighted by molar-refractivity contribution is 6.11. The summed E-state index contributed by atoms with van der Waals surface area (Å²) in [5.41, 5.74) is 13.1. The van der Waals surface area contributed by atoms with Crippen molar-refractivity contribution in [1.29, 1.82) is 0 Å². The largest absolute Gasteiger partial charge is 0.457 e. The van der Waals surface area contributed by atoms with Gasteiger partial charge < -0.3 is 32.8 Å². The van der Waals surface area contributed by atoms with Crippen LogP contribution in [0.3, 0.4) is 0 Å². The second-order valence-corrected chi connectivity index (χ2v) is 19.7. The molecular formula is C72H48N4O3. The molecule has 7 heteroatoms. The maximum atomic E-state index is 6.49. The van der Waals surface area contributed by atoms with Gasteiger partial charge in [-0.15, -0.1) is 0 Å². The highest BCUT2D eigenvalue weighted by atomic mass is 16.5. The van der Waals surface area contributed by atoms with E-state index in [2.05, 4.69) is 237 Å². The number of hydrogen-bond acceptors (Lipinski definition) is 4. The molecule has 0 aliphatic rings. The Kier molecular flexibility index (Phi) is 11.0. The zero-order valence-corrected chi connectivity index (χ0v) is 42.7. The van der Waals surface area contributed by atoms with Gasteiger partial charge in [0, 0.05) is 66.4 Å². The van der Waals surface area contributed by atoms with Crippen LogP contribution in [0.5, 0.6) is 34.5 Å². The standard InChI is InChI=1S/C72H48N4O3/c1-7-19-67-61(13-1)62-14-2-8-20-68(62)74(67)52-31-43-58(44-32-52)77-55-37-25-49(26-38-55)73(50-27-39-56(40-28-50)78-59-45-33-53(34-46-59)75-69-21-9-3-15-63(69)64-16-4-10-22-70(64)75)51-29-41-57(42-30-51)79-60-47-35-54(36-48-60)76-71-23-11-5-17-65(71)66-18-6-12-24-72(66)76/h1-48H. The van der Waals surface area contributed by atoms with Crippen molar-refractivity contribution in [3.63, 3.8) is 0 Å². The summed E-state index contributed by atoms with van der Waals surface area (Å²) >= 11 is 0. The molecule has 0 N–H and O–H groups in total. The van der Waals surface area contributed by atoms with Crippen LogP contribution >= 0.6 is 0 Å². The Hall–Kier alpha value is -10.8. The zero-order chi connectivity index (χ0) is 52.2. The number of ether oxygens (including phenoxy) is 3. The Morgan fingerprint density at radius 2 is 0.367 bits per heavy atom. The van der Waals surface area contributed by atoms with Crippen molar-refractivity contribution >= 4 is 82.5 Å². The van der Waals surface area contributed by atoms with Gasteiger partial charge in [-0.3, -0.25) is 0 Å². The lowest BCUT2D eigenvalue weighted by Crippen LogP contribution is -2.09. The predicted molar refractivity (Wildman–Crippen MR) is 324 cm³/mol. The fraction of sp³-hybridized carbons (Fsp3) is 0. The van der Waals surface area contributed by atoms with E-state index in [1.807, 2.05) is 72.8 Å². The summed E-state index contributed by atoms with van der Waals surface area (Å²) in [5, 5.41) is 7.40. The molecule has 0 saturated heterocycles. The zero-order valence-electron chi connectivity index (χ0n) is 42.7. The molecule has 15 rings (SSSR count). The molecule has 79 heavy (non-hydrogen) atoms. The van der Waals surface area contributed by atoms with Crippen molar-refractivity contribution in [3.05, 3.63) is 291 Å². The highest BCUT2D eigenvalue weighted by Gasteiger charge is 2.18. The number of benzene rings is 12. The molecule has 0 saturated carbocycles. The smallest absolute Gasteiger partial charge is 0.127 e. The van der Waals surface area contributed by atoms with Crippen LogP contribution in [0.4, 0.5) is 17.1 Å². The van der Waals surface area contributed by atoms with Crippen LogP contribution in [0, 0.1) is 0 Å². The van der Waals surface area contributed by atoms with Crippen molar-refractivity contribution in [2.75, 3.05) is 4.90 Å². The van der Waals surface area contributed by atoms with Crippen molar-refractivity contribution in [2.24, 2.45) is 0 Å². The molecule has 0 atom stereocenters. The first-order chi connectivity index (χ1) is 39.1. The number of rotatable bonds is 12.